The van der Waals surface area contributed by atoms with Gasteiger partial charge in [0.2, 0.25) is 0 Å². The number of fused-ring (bicyclic) bond motifs is 4. The van der Waals surface area contributed by atoms with E-state index in [2.05, 4.69) is 20.2 Å². The van der Waals surface area contributed by atoms with Crippen LogP contribution in [0.2, 0.25) is 0 Å². The molecule has 12 heteroatoms. The fraction of sp³-hybridized carbons (Fsp3) is 0.444. The molecule has 0 unspecified atom stereocenters. The number of aromatic nitrogens is 5. The van der Waals surface area contributed by atoms with Crippen molar-refractivity contribution >= 4 is 34.6 Å². The summed E-state index contributed by atoms with van der Waals surface area (Å²) in [5, 5.41) is 22.1. The molecule has 2 aliphatic rings. The van der Waals surface area contributed by atoms with Crippen LogP contribution >= 0.6 is 0 Å². The summed E-state index contributed by atoms with van der Waals surface area (Å²) in [6, 6.07) is 6.05. The van der Waals surface area contributed by atoms with Crippen molar-refractivity contribution in [3.8, 4) is 16.9 Å². The van der Waals surface area contributed by atoms with Gasteiger partial charge in [-0.25, -0.2) is 24.0 Å². The first-order valence-corrected chi connectivity index (χ1v) is 13.1. The number of carboxylic acid groups (broad SMARTS) is 1. The van der Waals surface area contributed by atoms with E-state index in [0.717, 1.165) is 51.6 Å². The zero-order valence-corrected chi connectivity index (χ0v) is 22.3. The SMILES string of the molecule is CCOc1cc(-c2ccc(N3C[C@@H]4[C@H](CN(C(=O)O)C(=O)OC(C)(C)C)[C@@H]4C3)nc2)c2c3cn[nH]c3nn2c1. The monoisotopic (exact) mass is 533 g/mol. The third kappa shape index (κ3) is 4.59. The predicted octanol–water partition coefficient (Wildman–Crippen LogP) is 4.27. The van der Waals surface area contributed by atoms with Crippen LogP contribution in [0.5, 0.6) is 5.75 Å². The Morgan fingerprint density at radius 2 is 1.97 bits per heavy atom. The van der Waals surface area contributed by atoms with Crippen LogP contribution in [0.3, 0.4) is 0 Å². The summed E-state index contributed by atoms with van der Waals surface area (Å²) in [5.41, 5.74) is 2.76. The number of nitrogens with zero attached hydrogens (tertiary/aromatic N) is 6. The summed E-state index contributed by atoms with van der Waals surface area (Å²) in [7, 11) is 0. The zero-order valence-electron chi connectivity index (χ0n) is 22.3. The number of imide groups is 1. The first-order valence-electron chi connectivity index (χ1n) is 13.1. The molecule has 1 aliphatic heterocycles. The van der Waals surface area contributed by atoms with Gasteiger partial charge in [-0.15, -0.1) is 5.10 Å². The predicted molar refractivity (Wildman–Crippen MR) is 143 cm³/mol. The highest BCUT2D eigenvalue weighted by Crippen LogP contribution is 2.52. The minimum atomic E-state index is -1.28. The Balaban J connectivity index is 1.16. The Kier molecular flexibility index (Phi) is 5.85. The second-order valence-electron chi connectivity index (χ2n) is 11.1. The van der Waals surface area contributed by atoms with Gasteiger partial charge in [0.1, 0.15) is 17.2 Å². The normalized spacial score (nSPS) is 20.3. The maximum atomic E-state index is 12.4. The highest BCUT2D eigenvalue weighted by molar-refractivity contribution is 6.00. The number of pyridine rings is 2. The van der Waals surface area contributed by atoms with Crippen molar-refractivity contribution in [2.45, 2.75) is 33.3 Å². The van der Waals surface area contributed by atoms with E-state index in [1.165, 1.54) is 0 Å². The minimum Gasteiger partial charge on any atom is -0.492 e. The van der Waals surface area contributed by atoms with Gasteiger partial charge in [-0.3, -0.25) is 5.10 Å². The summed E-state index contributed by atoms with van der Waals surface area (Å²) < 4.78 is 12.9. The average molecular weight is 534 g/mol. The standard InChI is InChI=1S/C27H31N7O5/c1-5-38-16-8-17(23-18-10-29-30-24(18)31-34(23)11-16)15-6-7-22(28-9-15)32-12-19-20(13-32)21(19)14-33(25(35)36)26(37)39-27(2,3)4/h6-11,19-21H,5,12-14H2,1-4H3,(H,30,31)(H,35,36)/t19-,20+,21-. The summed E-state index contributed by atoms with van der Waals surface area (Å²) in [4.78, 5) is 31.9. The second-order valence-corrected chi connectivity index (χ2v) is 11.1. The van der Waals surface area contributed by atoms with Gasteiger partial charge in [-0.1, -0.05) is 0 Å². The number of aromatic amines is 1. The molecule has 2 N–H and O–H groups in total. The highest BCUT2D eigenvalue weighted by atomic mass is 16.6. The molecule has 39 heavy (non-hydrogen) atoms. The Bertz CT molecular complexity index is 1540. The summed E-state index contributed by atoms with van der Waals surface area (Å²) in [6.07, 6.45) is 3.39. The molecule has 2 amide bonds. The molecular weight excluding hydrogens is 502 g/mol. The van der Waals surface area contributed by atoms with E-state index >= 15 is 0 Å². The number of carbonyl (C=O) groups excluding carboxylic acids is 1. The minimum absolute atomic E-state index is 0.137. The van der Waals surface area contributed by atoms with Gasteiger partial charge >= 0.3 is 12.2 Å². The fourth-order valence-corrected chi connectivity index (χ4v) is 5.60. The van der Waals surface area contributed by atoms with E-state index in [1.54, 1.807) is 27.0 Å². The molecule has 12 nitrogen and oxygen atoms in total. The maximum Gasteiger partial charge on any atom is 0.419 e. The molecule has 3 atom stereocenters. The largest absolute Gasteiger partial charge is 0.492 e. The van der Waals surface area contributed by atoms with Crippen molar-refractivity contribution in [3.63, 3.8) is 0 Å². The van der Waals surface area contributed by atoms with Crippen molar-refractivity contribution in [3.05, 3.63) is 36.8 Å². The second kappa shape index (κ2) is 9.14. The quantitative estimate of drug-likeness (QED) is 0.372. The van der Waals surface area contributed by atoms with Gasteiger partial charge in [0, 0.05) is 37.0 Å². The number of amides is 2. The van der Waals surface area contributed by atoms with Crippen LogP contribution in [0, 0.1) is 17.8 Å². The highest BCUT2D eigenvalue weighted by Gasteiger charge is 2.57. The zero-order chi connectivity index (χ0) is 27.5. The molecule has 1 saturated heterocycles. The van der Waals surface area contributed by atoms with Crippen LogP contribution in [-0.2, 0) is 4.74 Å². The third-order valence-electron chi connectivity index (χ3n) is 7.41. The van der Waals surface area contributed by atoms with E-state index in [-0.39, 0.29) is 12.5 Å². The van der Waals surface area contributed by atoms with Gasteiger partial charge in [0.05, 0.1) is 29.9 Å². The molecular formula is C27H31N7O5. The lowest BCUT2D eigenvalue weighted by molar-refractivity contribution is 0.0257. The average Bonchev–Trinajstić information content (AvgIpc) is 3.27. The number of hydrogen-bond donors (Lipinski definition) is 2. The van der Waals surface area contributed by atoms with Gasteiger partial charge in [-0.2, -0.15) is 5.10 Å². The van der Waals surface area contributed by atoms with Crippen LogP contribution in [0.15, 0.2) is 36.8 Å². The first kappa shape index (κ1) is 25.0. The van der Waals surface area contributed by atoms with Crippen molar-refractivity contribution < 1.29 is 24.2 Å². The van der Waals surface area contributed by atoms with Crippen LogP contribution in [0.4, 0.5) is 15.4 Å². The molecule has 1 aliphatic carbocycles. The number of rotatable bonds is 6. The smallest absolute Gasteiger partial charge is 0.419 e. The number of ether oxygens (including phenoxy) is 2. The number of H-pyrrole nitrogens is 1. The molecule has 0 bridgehead atoms. The molecule has 1 saturated carbocycles. The molecule has 4 aromatic rings. The lowest BCUT2D eigenvalue weighted by atomic mass is 10.1. The molecule has 0 aromatic carbocycles. The summed E-state index contributed by atoms with van der Waals surface area (Å²) in [6.45, 7) is 9.34. The number of carbonyl (C=O) groups is 2. The van der Waals surface area contributed by atoms with Crippen molar-refractivity contribution in [1.29, 1.82) is 0 Å². The van der Waals surface area contributed by atoms with Crippen LogP contribution in [0.25, 0.3) is 27.7 Å². The first-order chi connectivity index (χ1) is 18.6. The Labute approximate surface area is 224 Å². The summed E-state index contributed by atoms with van der Waals surface area (Å²) >= 11 is 0. The molecule has 5 heterocycles. The molecule has 6 rings (SSSR count). The van der Waals surface area contributed by atoms with E-state index in [4.69, 9.17) is 14.5 Å². The molecule has 0 spiro atoms. The lowest BCUT2D eigenvalue weighted by Crippen LogP contribution is -2.42. The van der Waals surface area contributed by atoms with E-state index < -0.39 is 17.8 Å². The maximum absolute atomic E-state index is 12.4. The Morgan fingerprint density at radius 1 is 1.21 bits per heavy atom. The number of anilines is 1. The van der Waals surface area contributed by atoms with E-state index in [1.807, 2.05) is 42.0 Å². The van der Waals surface area contributed by atoms with Crippen molar-refractivity contribution in [2.75, 3.05) is 31.1 Å². The number of nitrogens with one attached hydrogen (secondary N) is 1. The van der Waals surface area contributed by atoms with Gasteiger partial charge in [-0.05, 0) is 63.6 Å². The van der Waals surface area contributed by atoms with Gasteiger partial charge in [0.15, 0.2) is 5.65 Å². The van der Waals surface area contributed by atoms with Crippen molar-refractivity contribution in [2.24, 2.45) is 17.8 Å². The summed E-state index contributed by atoms with van der Waals surface area (Å²) in [5.74, 6) is 2.36. The van der Waals surface area contributed by atoms with Crippen molar-refractivity contribution in [1.82, 2.24) is 29.7 Å². The third-order valence-corrected chi connectivity index (χ3v) is 7.41. The van der Waals surface area contributed by atoms with E-state index in [0.29, 0.717) is 24.1 Å². The number of piperidine rings is 1. The lowest BCUT2D eigenvalue weighted by Gasteiger charge is -2.26. The topological polar surface area (TPSA) is 138 Å². The molecule has 0 radical (unpaired) electrons. The van der Waals surface area contributed by atoms with E-state index in [9.17, 15) is 14.7 Å². The number of hydrogen-bond acceptors (Lipinski definition) is 8. The van der Waals surface area contributed by atoms with Crippen LogP contribution in [0.1, 0.15) is 27.7 Å². The molecule has 2 fully saturated rings. The van der Waals surface area contributed by atoms with Gasteiger partial charge in [0.25, 0.3) is 0 Å². The van der Waals surface area contributed by atoms with Crippen LogP contribution in [-0.4, -0.2) is 78.8 Å². The Morgan fingerprint density at radius 3 is 2.62 bits per heavy atom. The van der Waals surface area contributed by atoms with Gasteiger partial charge < -0.3 is 19.5 Å². The van der Waals surface area contributed by atoms with Crippen LogP contribution < -0.4 is 9.64 Å². The molecule has 204 valence electrons. The molecule has 4 aromatic heterocycles. The fourth-order valence-electron chi connectivity index (χ4n) is 5.60. The Hall–Kier alpha value is -4.35.